The van der Waals surface area contributed by atoms with Crippen molar-refractivity contribution in [2.45, 2.75) is 0 Å². The van der Waals surface area contributed by atoms with Crippen LogP contribution in [0.4, 0.5) is 0 Å². The van der Waals surface area contributed by atoms with E-state index in [-0.39, 0.29) is 0 Å². The van der Waals surface area contributed by atoms with Gasteiger partial charge in [-0.2, -0.15) is 0 Å². The normalized spacial score (nSPS) is 11.0. The van der Waals surface area contributed by atoms with E-state index in [1.54, 1.807) is 0 Å². The fourth-order valence-electron chi connectivity index (χ4n) is 6.60. The standard InChI is InChI=1S/C42H28.C2H4/c1-2-28-18-20-32(21-19-28)40-27-39(31-16-10-5-11-17-31)35-23-22-33-37(29-12-6-3-7-13-29)26-38(30-14-8-4-9-15-30)34-24-25-36(40)42(35)41(33)34;1-2/h2-27H,1H2;1-2H2. The second kappa shape index (κ2) is 11.5. The molecule has 0 nitrogen and oxygen atoms in total. The molecule has 0 N–H and O–H groups in total. The lowest BCUT2D eigenvalue weighted by molar-refractivity contribution is 1.61. The van der Waals surface area contributed by atoms with E-state index in [1.807, 2.05) is 6.08 Å². The predicted molar refractivity (Wildman–Crippen MR) is 193 cm³/mol. The van der Waals surface area contributed by atoms with Crippen LogP contribution in [0.3, 0.4) is 0 Å². The largest absolute Gasteiger partial charge is 0.106 e. The van der Waals surface area contributed by atoms with Crippen molar-refractivity contribution in [3.8, 4) is 44.5 Å². The van der Waals surface area contributed by atoms with Gasteiger partial charge in [0.2, 0.25) is 0 Å². The number of hydrogen-bond acceptors (Lipinski definition) is 0. The van der Waals surface area contributed by atoms with Gasteiger partial charge >= 0.3 is 0 Å². The molecule has 0 spiro atoms. The van der Waals surface area contributed by atoms with E-state index in [2.05, 4.69) is 171 Å². The minimum absolute atomic E-state index is 1.12. The molecule has 0 saturated heterocycles. The van der Waals surface area contributed by atoms with Crippen LogP contribution in [0.15, 0.2) is 171 Å². The lowest BCUT2D eigenvalue weighted by Crippen LogP contribution is -1.94. The van der Waals surface area contributed by atoms with Crippen molar-refractivity contribution in [1.29, 1.82) is 0 Å². The van der Waals surface area contributed by atoms with Gasteiger partial charge in [-0.1, -0.05) is 152 Å². The van der Waals surface area contributed by atoms with E-state index in [4.69, 9.17) is 0 Å². The highest BCUT2D eigenvalue weighted by atomic mass is 14.2. The summed E-state index contributed by atoms with van der Waals surface area (Å²) in [6.07, 6.45) is 1.90. The maximum atomic E-state index is 3.96. The SMILES string of the molecule is C=C.C=Cc1ccc(-c2cc(-c3ccccc3)c3ccc4c(-c5ccccc5)cc(-c5ccccc5)c5ccc2c3c45)cc1. The zero-order valence-corrected chi connectivity index (χ0v) is 24.6. The maximum absolute atomic E-state index is 3.96. The first-order chi connectivity index (χ1) is 21.8. The Morgan fingerprint density at radius 1 is 0.341 bits per heavy atom. The molecule has 0 aliphatic rings. The summed E-state index contributed by atoms with van der Waals surface area (Å²) in [6, 6.07) is 55.3. The lowest BCUT2D eigenvalue weighted by atomic mass is 9.82. The predicted octanol–water partition coefficient (Wildman–Crippen LogP) is 12.7. The van der Waals surface area contributed by atoms with Gasteiger partial charge in [0.25, 0.3) is 0 Å². The Hall–Kier alpha value is -5.72. The molecule has 0 radical (unpaired) electrons. The third kappa shape index (κ3) is 4.49. The highest BCUT2D eigenvalue weighted by Crippen LogP contribution is 2.48. The summed E-state index contributed by atoms with van der Waals surface area (Å²) in [5, 5.41) is 7.78. The molecular weight excluding hydrogens is 528 g/mol. The van der Waals surface area contributed by atoms with E-state index >= 15 is 0 Å². The monoisotopic (exact) mass is 560 g/mol. The summed E-state index contributed by atoms with van der Waals surface area (Å²) >= 11 is 0. The minimum Gasteiger partial charge on any atom is -0.106 e. The smallest absolute Gasteiger partial charge is 0.00139 e. The number of hydrogen-bond donors (Lipinski definition) is 0. The molecule has 0 aliphatic carbocycles. The molecule has 8 rings (SSSR count). The maximum Gasteiger partial charge on any atom is -0.00139 e. The third-order valence-corrected chi connectivity index (χ3v) is 8.61. The van der Waals surface area contributed by atoms with Crippen molar-refractivity contribution in [2.75, 3.05) is 0 Å². The highest BCUT2D eigenvalue weighted by molar-refractivity contribution is 6.31. The Bertz CT molecular complexity index is 2160. The van der Waals surface area contributed by atoms with Crippen molar-refractivity contribution < 1.29 is 0 Å². The Morgan fingerprint density at radius 3 is 0.932 bits per heavy atom. The van der Waals surface area contributed by atoms with E-state index < -0.39 is 0 Å². The van der Waals surface area contributed by atoms with E-state index in [1.165, 1.54) is 76.8 Å². The molecule has 8 aromatic rings. The summed E-state index contributed by atoms with van der Waals surface area (Å²) in [7, 11) is 0. The van der Waals surface area contributed by atoms with Crippen molar-refractivity contribution in [2.24, 2.45) is 0 Å². The van der Waals surface area contributed by atoms with Gasteiger partial charge in [0.05, 0.1) is 0 Å². The molecule has 208 valence electrons. The molecule has 0 bridgehead atoms. The summed E-state index contributed by atoms with van der Waals surface area (Å²) in [6.45, 7) is 9.96. The zero-order chi connectivity index (χ0) is 30.0. The summed E-state index contributed by atoms with van der Waals surface area (Å²) < 4.78 is 0. The molecule has 8 aromatic carbocycles. The molecule has 0 atom stereocenters. The third-order valence-electron chi connectivity index (χ3n) is 8.61. The Labute approximate surface area is 259 Å². The molecule has 44 heavy (non-hydrogen) atoms. The zero-order valence-electron chi connectivity index (χ0n) is 24.6. The van der Waals surface area contributed by atoms with Crippen LogP contribution in [0.1, 0.15) is 5.56 Å². The Kier molecular flexibility index (Phi) is 7.10. The van der Waals surface area contributed by atoms with Crippen LogP contribution in [0, 0.1) is 0 Å². The number of benzene rings is 8. The number of rotatable bonds is 5. The van der Waals surface area contributed by atoms with E-state index in [0.29, 0.717) is 0 Å². The topological polar surface area (TPSA) is 0 Å². The van der Waals surface area contributed by atoms with Gasteiger partial charge in [-0.25, -0.2) is 0 Å². The van der Waals surface area contributed by atoms with Crippen LogP contribution >= 0.6 is 0 Å². The Morgan fingerprint density at radius 2 is 0.636 bits per heavy atom. The average molecular weight is 561 g/mol. The quantitative estimate of drug-likeness (QED) is 0.145. The molecule has 0 heteroatoms. The second-order valence-corrected chi connectivity index (χ2v) is 10.9. The summed E-state index contributed by atoms with van der Waals surface area (Å²) in [5.41, 5.74) is 11.1. The van der Waals surface area contributed by atoms with Crippen LogP contribution in [-0.4, -0.2) is 0 Å². The Balaban J connectivity index is 0.00000153. The first kappa shape index (κ1) is 27.1. The van der Waals surface area contributed by atoms with Gasteiger partial charge in [0, 0.05) is 0 Å². The van der Waals surface area contributed by atoms with Crippen molar-refractivity contribution >= 4 is 38.4 Å². The molecule has 0 amide bonds. The molecule has 0 heterocycles. The van der Waals surface area contributed by atoms with Gasteiger partial charge in [-0.15, -0.1) is 13.2 Å². The van der Waals surface area contributed by atoms with Crippen LogP contribution in [-0.2, 0) is 0 Å². The van der Waals surface area contributed by atoms with Gasteiger partial charge in [-0.05, 0) is 94.5 Å². The molecule has 0 aliphatic heterocycles. The molecule has 0 saturated carbocycles. The van der Waals surface area contributed by atoms with Crippen LogP contribution < -0.4 is 0 Å². The van der Waals surface area contributed by atoms with E-state index in [9.17, 15) is 0 Å². The summed E-state index contributed by atoms with van der Waals surface area (Å²) in [5.74, 6) is 0. The molecule has 0 unspecified atom stereocenters. The van der Waals surface area contributed by atoms with Gasteiger partial charge < -0.3 is 0 Å². The fourth-order valence-corrected chi connectivity index (χ4v) is 6.60. The van der Waals surface area contributed by atoms with Crippen molar-refractivity contribution in [3.05, 3.63) is 177 Å². The first-order valence-corrected chi connectivity index (χ1v) is 15.0. The lowest BCUT2D eigenvalue weighted by Gasteiger charge is -2.21. The van der Waals surface area contributed by atoms with Gasteiger partial charge in [-0.3, -0.25) is 0 Å². The van der Waals surface area contributed by atoms with Crippen LogP contribution in [0.2, 0.25) is 0 Å². The molecule has 0 aromatic heterocycles. The van der Waals surface area contributed by atoms with Gasteiger partial charge in [0.1, 0.15) is 0 Å². The van der Waals surface area contributed by atoms with Crippen LogP contribution in [0.5, 0.6) is 0 Å². The summed E-state index contributed by atoms with van der Waals surface area (Å²) in [4.78, 5) is 0. The van der Waals surface area contributed by atoms with Crippen molar-refractivity contribution in [1.82, 2.24) is 0 Å². The average Bonchev–Trinajstić information content (AvgIpc) is 3.12. The van der Waals surface area contributed by atoms with Gasteiger partial charge in [0.15, 0.2) is 0 Å². The van der Waals surface area contributed by atoms with Crippen molar-refractivity contribution in [3.63, 3.8) is 0 Å². The molecular formula is C44H32. The second-order valence-electron chi connectivity index (χ2n) is 10.9. The van der Waals surface area contributed by atoms with E-state index in [0.717, 1.165) is 5.56 Å². The van der Waals surface area contributed by atoms with Crippen LogP contribution in [0.25, 0.3) is 82.9 Å². The molecule has 0 fully saturated rings. The first-order valence-electron chi connectivity index (χ1n) is 15.0. The fraction of sp³-hybridized carbons (Fsp3) is 0. The minimum atomic E-state index is 1.12. The highest BCUT2D eigenvalue weighted by Gasteiger charge is 2.20.